The van der Waals surface area contributed by atoms with Crippen molar-refractivity contribution in [3.8, 4) is 0 Å². The van der Waals surface area contributed by atoms with Crippen molar-refractivity contribution < 1.29 is 47.8 Å². The van der Waals surface area contributed by atoms with Crippen molar-refractivity contribution in [3.05, 3.63) is 107 Å². The van der Waals surface area contributed by atoms with E-state index in [0.717, 1.165) is 0 Å². The first-order chi connectivity index (χ1) is 34.0. The number of likely N-dealkylation sites (N-methyl/N-ethyl adjacent to an activating group) is 2. The van der Waals surface area contributed by atoms with Crippen LogP contribution in [0.5, 0.6) is 0 Å². The second kappa shape index (κ2) is 25.1. The fourth-order valence-corrected chi connectivity index (χ4v) is 8.64. The fourth-order valence-electron chi connectivity index (χ4n) is 8.64. The minimum atomic E-state index is -0.895. The van der Waals surface area contributed by atoms with Crippen LogP contribution in [0.4, 0.5) is 0 Å². The quantitative estimate of drug-likeness (QED) is 0.0884. The smallest absolute Gasteiger partial charge is 0.338 e. The summed E-state index contributed by atoms with van der Waals surface area (Å²) in [6.07, 6.45) is 1.95. The lowest BCUT2D eigenvalue weighted by Crippen LogP contribution is -2.59. The molecule has 3 aromatic rings. The van der Waals surface area contributed by atoms with Gasteiger partial charge in [0.25, 0.3) is 0 Å². The second-order valence-electron chi connectivity index (χ2n) is 20.7. The standard InChI is InChI=1S/C54H74N8O10/c1-33(55-9)45(63)59-43(53(3,4)5)49(67)61-28-18-26-41(61)47(65)57-39(35-20-13-11-14-21-35)31-71-51(69)37-24-17-25-38(30-37)52(70)72-32-40(36-22-15-12-16-23-36)58-48(66)42-27-19-29-62(42)50(68)44(54(6,7)8)60-46(64)34(2)56-10/h11-17,20-25,30,33-34,39-44,55-56H,18-19,26-29,31-32H2,1-10H3,(H,57,65)(H,58,66)(H,59,63)(H,60,64)/t33-,34-,39+,40+,41-,42-,43+,44+/m0/s1. The highest BCUT2D eigenvalue weighted by Gasteiger charge is 2.44. The van der Waals surface area contributed by atoms with Gasteiger partial charge in [-0.15, -0.1) is 0 Å². The van der Waals surface area contributed by atoms with E-state index in [2.05, 4.69) is 31.9 Å². The predicted molar refractivity (Wildman–Crippen MR) is 271 cm³/mol. The summed E-state index contributed by atoms with van der Waals surface area (Å²) >= 11 is 0. The first kappa shape index (κ1) is 56.3. The number of nitrogens with one attached hydrogen (secondary N) is 6. The van der Waals surface area contributed by atoms with E-state index >= 15 is 0 Å². The second-order valence-corrected chi connectivity index (χ2v) is 20.7. The molecule has 2 aliphatic rings. The molecule has 2 saturated heterocycles. The molecule has 0 saturated carbocycles. The highest BCUT2D eigenvalue weighted by molar-refractivity contribution is 5.97. The summed E-state index contributed by atoms with van der Waals surface area (Å²) in [6, 6.07) is 17.6. The maximum atomic E-state index is 14.1. The van der Waals surface area contributed by atoms with Gasteiger partial charge in [-0.05, 0) is 93.8 Å². The number of rotatable bonds is 20. The summed E-state index contributed by atoms with van der Waals surface area (Å²) in [5, 5.41) is 17.5. The van der Waals surface area contributed by atoms with Crippen molar-refractivity contribution in [2.75, 3.05) is 40.4 Å². The Labute approximate surface area is 423 Å². The van der Waals surface area contributed by atoms with Crippen LogP contribution < -0.4 is 31.9 Å². The van der Waals surface area contributed by atoms with E-state index in [4.69, 9.17) is 9.47 Å². The summed E-state index contributed by atoms with van der Waals surface area (Å²) in [7, 11) is 3.31. The number of carbonyl (C=O) groups excluding carboxylic acids is 8. The number of hydrogen-bond donors (Lipinski definition) is 6. The van der Waals surface area contributed by atoms with E-state index in [0.29, 0.717) is 49.9 Å². The first-order valence-electron chi connectivity index (χ1n) is 24.8. The molecule has 2 heterocycles. The Balaban J connectivity index is 1.25. The third-order valence-electron chi connectivity index (χ3n) is 13.3. The molecule has 0 bridgehead atoms. The van der Waals surface area contributed by atoms with Crippen molar-refractivity contribution in [2.24, 2.45) is 10.8 Å². The van der Waals surface area contributed by atoms with Gasteiger partial charge in [0.2, 0.25) is 35.4 Å². The lowest BCUT2D eigenvalue weighted by atomic mass is 9.85. The molecule has 0 aliphatic carbocycles. The van der Waals surface area contributed by atoms with Gasteiger partial charge in [-0.1, -0.05) is 108 Å². The number of ether oxygens (including phenoxy) is 2. The SMILES string of the molecule is CN[C@@H](C)C(=O)N[C@H](C(=O)N1CCC[C@H]1C(=O)N[C@H](COC(=O)c1cccc(C(=O)OC[C@@H](NC(=O)[C@@H]2CCCN2C(=O)[C@@H](NC(=O)[C@H](C)NC)C(C)(C)C)c2ccccc2)c1)c1ccccc1)C(C)(C)C. The maximum Gasteiger partial charge on any atom is 0.338 e. The monoisotopic (exact) mass is 995 g/mol. The molecule has 6 amide bonds. The van der Waals surface area contributed by atoms with Gasteiger partial charge < -0.3 is 51.2 Å². The van der Waals surface area contributed by atoms with Crippen LogP contribution in [-0.2, 0) is 38.2 Å². The summed E-state index contributed by atoms with van der Waals surface area (Å²) < 4.78 is 11.6. The summed E-state index contributed by atoms with van der Waals surface area (Å²) in [5.41, 5.74) is 0.0704. The molecule has 2 aliphatic heterocycles. The van der Waals surface area contributed by atoms with E-state index in [1.807, 2.05) is 53.7 Å². The minimum absolute atomic E-state index is 0.0436. The molecule has 6 N–H and O–H groups in total. The van der Waals surface area contributed by atoms with Gasteiger partial charge in [-0.3, -0.25) is 28.8 Å². The predicted octanol–water partition coefficient (Wildman–Crippen LogP) is 3.97. The molecule has 8 atom stereocenters. The van der Waals surface area contributed by atoms with Crippen LogP contribution in [0, 0.1) is 10.8 Å². The summed E-state index contributed by atoms with van der Waals surface area (Å²) in [5.74, 6) is -3.82. The Morgan fingerprint density at radius 1 is 0.542 bits per heavy atom. The van der Waals surface area contributed by atoms with E-state index < -0.39 is 82.9 Å². The van der Waals surface area contributed by atoms with Gasteiger partial charge in [-0.2, -0.15) is 0 Å². The number of nitrogens with zero attached hydrogens (tertiary/aromatic N) is 2. The highest BCUT2D eigenvalue weighted by Crippen LogP contribution is 2.29. The van der Waals surface area contributed by atoms with Gasteiger partial charge in [0.1, 0.15) is 37.4 Å². The number of benzene rings is 3. The van der Waals surface area contributed by atoms with Crippen LogP contribution in [0.15, 0.2) is 84.9 Å². The van der Waals surface area contributed by atoms with Gasteiger partial charge in [0, 0.05) is 13.1 Å². The zero-order chi connectivity index (χ0) is 52.9. The van der Waals surface area contributed by atoms with Crippen LogP contribution in [0.3, 0.4) is 0 Å². The third-order valence-corrected chi connectivity index (χ3v) is 13.3. The van der Waals surface area contributed by atoms with Crippen LogP contribution in [0.2, 0.25) is 0 Å². The van der Waals surface area contributed by atoms with E-state index in [9.17, 15) is 38.4 Å². The Kier molecular flexibility index (Phi) is 19.6. The molecule has 0 radical (unpaired) electrons. The maximum absolute atomic E-state index is 14.1. The fraction of sp³-hybridized carbons (Fsp3) is 0.519. The highest BCUT2D eigenvalue weighted by atomic mass is 16.5. The third kappa shape index (κ3) is 14.7. The van der Waals surface area contributed by atoms with Crippen LogP contribution in [0.25, 0.3) is 0 Å². The van der Waals surface area contributed by atoms with E-state index in [1.54, 1.807) is 76.5 Å². The Bertz CT molecular complexity index is 2230. The molecular weight excluding hydrogens is 921 g/mol. The Morgan fingerprint density at radius 2 is 0.903 bits per heavy atom. The van der Waals surface area contributed by atoms with E-state index in [-0.39, 0.29) is 48.0 Å². The molecule has 2 fully saturated rings. The molecule has 18 heteroatoms. The largest absolute Gasteiger partial charge is 0.460 e. The topological polar surface area (TPSA) is 234 Å². The van der Waals surface area contributed by atoms with Gasteiger partial charge in [0.15, 0.2) is 0 Å². The summed E-state index contributed by atoms with van der Waals surface area (Å²) in [6.45, 7) is 14.6. The molecule has 390 valence electrons. The van der Waals surface area contributed by atoms with Crippen LogP contribution in [0.1, 0.15) is 125 Å². The van der Waals surface area contributed by atoms with Crippen molar-refractivity contribution in [2.45, 2.75) is 129 Å². The molecule has 5 rings (SSSR count). The molecule has 0 aromatic heterocycles. The molecule has 3 aromatic carbocycles. The number of hydrogen-bond acceptors (Lipinski definition) is 12. The van der Waals surface area contributed by atoms with Gasteiger partial charge in [-0.25, -0.2) is 9.59 Å². The average Bonchev–Trinajstić information content (AvgIpc) is 4.08. The zero-order valence-electron chi connectivity index (χ0n) is 43.3. The lowest BCUT2D eigenvalue weighted by molar-refractivity contribution is -0.144. The van der Waals surface area contributed by atoms with Gasteiger partial charge in [0.05, 0.1) is 35.3 Å². The van der Waals surface area contributed by atoms with E-state index in [1.165, 1.54) is 34.1 Å². The normalized spacial score (nSPS) is 18.4. The molecular formula is C54H74N8O10. The van der Waals surface area contributed by atoms with Crippen LogP contribution >= 0.6 is 0 Å². The van der Waals surface area contributed by atoms with Crippen molar-refractivity contribution >= 4 is 47.4 Å². The zero-order valence-corrected chi connectivity index (χ0v) is 43.3. The molecule has 0 unspecified atom stereocenters. The lowest BCUT2D eigenvalue weighted by Gasteiger charge is -2.36. The molecule has 0 spiro atoms. The number of carbonyl (C=O) groups is 8. The number of esters is 2. The van der Waals surface area contributed by atoms with Crippen LogP contribution in [-0.4, -0.2) is 134 Å². The van der Waals surface area contributed by atoms with Gasteiger partial charge >= 0.3 is 11.9 Å². The number of amides is 6. The number of likely N-dealkylation sites (tertiary alicyclic amines) is 2. The Hall–Kier alpha value is -6.66. The van der Waals surface area contributed by atoms with Crippen molar-refractivity contribution in [3.63, 3.8) is 0 Å². The molecule has 72 heavy (non-hydrogen) atoms. The first-order valence-corrected chi connectivity index (χ1v) is 24.8. The minimum Gasteiger partial charge on any atom is -0.460 e. The van der Waals surface area contributed by atoms with Crippen molar-refractivity contribution in [1.82, 2.24) is 41.7 Å². The average molecular weight is 995 g/mol. The van der Waals surface area contributed by atoms with Crippen molar-refractivity contribution in [1.29, 1.82) is 0 Å². The Morgan fingerprint density at radius 3 is 1.24 bits per heavy atom. The summed E-state index contributed by atoms with van der Waals surface area (Å²) in [4.78, 5) is 112. The molecule has 18 nitrogen and oxygen atoms in total.